The summed E-state index contributed by atoms with van der Waals surface area (Å²) in [6, 6.07) is 16.5. The topological polar surface area (TPSA) is 126 Å². The number of hydrogen-bond acceptors (Lipinski definition) is 8. The van der Waals surface area contributed by atoms with Gasteiger partial charge >= 0.3 is 0 Å². The molecule has 4 N–H and O–H groups in total. The van der Waals surface area contributed by atoms with Gasteiger partial charge in [0.15, 0.2) is 0 Å². The number of aromatic nitrogens is 3. The predicted molar refractivity (Wildman–Crippen MR) is 147 cm³/mol. The summed E-state index contributed by atoms with van der Waals surface area (Å²) in [5, 5.41) is 11.6. The van der Waals surface area contributed by atoms with Gasteiger partial charge in [-0.2, -0.15) is 0 Å². The Hall–Kier alpha value is -3.60. The first kappa shape index (κ1) is 25.1. The zero-order valence-corrected chi connectivity index (χ0v) is 21.8. The zero-order valence-electron chi connectivity index (χ0n) is 21.0. The van der Waals surface area contributed by atoms with Crippen molar-refractivity contribution in [1.82, 2.24) is 24.8 Å². The molecule has 5 rings (SSSR count). The van der Waals surface area contributed by atoms with Gasteiger partial charge in [-0.15, -0.1) is 10.2 Å². The van der Waals surface area contributed by atoms with Gasteiger partial charge in [0, 0.05) is 18.8 Å². The van der Waals surface area contributed by atoms with Crippen molar-refractivity contribution in [1.29, 1.82) is 0 Å². The van der Waals surface area contributed by atoms with Crippen LogP contribution in [0.3, 0.4) is 0 Å². The monoisotopic (exact) mass is 517 g/mol. The summed E-state index contributed by atoms with van der Waals surface area (Å²) in [7, 11) is -3.57. The van der Waals surface area contributed by atoms with Gasteiger partial charge in [0.25, 0.3) is 0 Å². The fraction of sp³-hybridized carbons (Fsp3) is 0.296. The highest BCUT2D eigenvalue weighted by Crippen LogP contribution is 2.32. The Labute approximate surface area is 217 Å². The van der Waals surface area contributed by atoms with Crippen LogP contribution in [0.2, 0.25) is 0 Å². The summed E-state index contributed by atoms with van der Waals surface area (Å²) in [4.78, 5) is 7.03. The molecule has 0 aliphatic carbocycles. The molecule has 4 aromatic rings. The Morgan fingerprint density at radius 1 is 0.973 bits per heavy atom. The number of fused-ring (bicyclic) bond motifs is 1. The van der Waals surface area contributed by atoms with E-state index >= 15 is 0 Å². The van der Waals surface area contributed by atoms with E-state index in [0.717, 1.165) is 41.9 Å². The summed E-state index contributed by atoms with van der Waals surface area (Å²) in [6.45, 7) is 7.33. The van der Waals surface area contributed by atoms with E-state index in [4.69, 9.17) is 5.73 Å². The second-order valence-electron chi connectivity index (χ2n) is 9.43. The third-order valence-corrected chi connectivity index (χ3v) is 8.18. The van der Waals surface area contributed by atoms with Crippen LogP contribution in [0.15, 0.2) is 59.5 Å². The van der Waals surface area contributed by atoms with Crippen molar-refractivity contribution in [3.8, 4) is 11.1 Å². The fourth-order valence-electron chi connectivity index (χ4n) is 4.81. The average molecular weight is 518 g/mol. The van der Waals surface area contributed by atoms with Gasteiger partial charge in [-0.25, -0.2) is 18.1 Å². The van der Waals surface area contributed by atoms with Crippen molar-refractivity contribution >= 4 is 38.4 Å². The number of sulfonamides is 1. The maximum atomic E-state index is 12.6. The molecule has 0 spiro atoms. The van der Waals surface area contributed by atoms with Crippen LogP contribution in [0.5, 0.6) is 0 Å². The van der Waals surface area contributed by atoms with E-state index in [1.165, 1.54) is 12.8 Å². The molecule has 1 fully saturated rings. The van der Waals surface area contributed by atoms with Crippen molar-refractivity contribution in [2.24, 2.45) is 0 Å². The number of nitrogens with two attached hydrogens (primary N) is 1. The smallest absolute Gasteiger partial charge is 0.247 e. The largest absolute Gasteiger partial charge is 0.397 e. The SMILES string of the molecule is Cc1cccc(C)c1-c1cc(N)c2nc(Nc3ccc(S(=O)(=O)NCCN4CCCC4)cc3)nnc2c1. The van der Waals surface area contributed by atoms with Gasteiger partial charge in [0.1, 0.15) is 11.0 Å². The summed E-state index contributed by atoms with van der Waals surface area (Å²) >= 11 is 0. The molecular formula is C27H31N7O2S. The third-order valence-electron chi connectivity index (χ3n) is 6.70. The van der Waals surface area contributed by atoms with E-state index in [2.05, 4.69) is 56.1 Å². The van der Waals surface area contributed by atoms with Crippen LogP contribution >= 0.6 is 0 Å². The summed E-state index contributed by atoms with van der Waals surface area (Å²) in [5.41, 5.74) is 13.1. The standard InChI is InChI=1S/C27H31N7O2S/c1-18-6-5-7-19(2)25(18)20-16-23(28)26-24(17-20)32-33-27(31-26)30-21-8-10-22(11-9-21)37(35,36)29-12-15-34-13-3-4-14-34/h5-11,16-17,29H,3-4,12-15,28H2,1-2H3,(H,30,31,33). The van der Waals surface area contributed by atoms with Gasteiger partial charge in [0.05, 0.1) is 10.6 Å². The van der Waals surface area contributed by atoms with Crippen molar-refractivity contribution in [2.75, 3.05) is 37.2 Å². The lowest BCUT2D eigenvalue weighted by atomic mass is 9.95. The number of likely N-dealkylation sites (tertiary alicyclic amines) is 1. The Bertz CT molecular complexity index is 1510. The molecule has 0 unspecified atom stereocenters. The minimum absolute atomic E-state index is 0.209. The van der Waals surface area contributed by atoms with E-state index in [0.29, 0.717) is 29.0 Å². The first-order chi connectivity index (χ1) is 17.8. The molecule has 0 radical (unpaired) electrons. The van der Waals surface area contributed by atoms with E-state index < -0.39 is 10.0 Å². The number of nitrogens with zero attached hydrogens (tertiary/aromatic N) is 4. The molecule has 0 bridgehead atoms. The number of nitrogen functional groups attached to an aromatic ring is 1. The maximum absolute atomic E-state index is 12.6. The highest BCUT2D eigenvalue weighted by Gasteiger charge is 2.16. The number of aryl methyl sites for hydroxylation is 2. The van der Waals surface area contributed by atoms with Crippen LogP contribution in [0.25, 0.3) is 22.2 Å². The van der Waals surface area contributed by atoms with Gasteiger partial charge in [-0.1, -0.05) is 18.2 Å². The number of rotatable bonds is 8. The van der Waals surface area contributed by atoms with Crippen molar-refractivity contribution < 1.29 is 8.42 Å². The van der Waals surface area contributed by atoms with Gasteiger partial charge < -0.3 is 16.0 Å². The number of benzene rings is 3. The molecule has 2 heterocycles. The third kappa shape index (κ3) is 5.56. The molecule has 1 aliphatic heterocycles. The molecule has 3 aromatic carbocycles. The van der Waals surface area contributed by atoms with Gasteiger partial charge in [0.2, 0.25) is 16.0 Å². The first-order valence-corrected chi connectivity index (χ1v) is 13.9. The number of nitrogens with one attached hydrogen (secondary N) is 2. The van der Waals surface area contributed by atoms with Crippen LogP contribution < -0.4 is 15.8 Å². The Morgan fingerprint density at radius 3 is 2.38 bits per heavy atom. The minimum Gasteiger partial charge on any atom is -0.397 e. The molecule has 1 aliphatic rings. The fourth-order valence-corrected chi connectivity index (χ4v) is 5.83. The lowest BCUT2D eigenvalue weighted by molar-refractivity contribution is 0.344. The predicted octanol–water partition coefficient (Wildman–Crippen LogP) is 4.01. The molecule has 9 nitrogen and oxygen atoms in total. The molecule has 1 saturated heterocycles. The Balaban J connectivity index is 1.30. The molecule has 0 amide bonds. The van der Waals surface area contributed by atoms with Crippen LogP contribution in [-0.4, -0.2) is 54.7 Å². The van der Waals surface area contributed by atoms with E-state index in [1.54, 1.807) is 24.3 Å². The van der Waals surface area contributed by atoms with E-state index in [-0.39, 0.29) is 10.8 Å². The zero-order chi connectivity index (χ0) is 26.0. The number of hydrogen-bond donors (Lipinski definition) is 3. The van der Waals surface area contributed by atoms with Crippen molar-refractivity contribution in [3.05, 3.63) is 65.7 Å². The summed E-state index contributed by atoms with van der Waals surface area (Å²) in [5.74, 6) is 0.276. The molecule has 1 aromatic heterocycles. The highest BCUT2D eigenvalue weighted by atomic mass is 32.2. The van der Waals surface area contributed by atoms with E-state index in [1.807, 2.05) is 18.2 Å². The second-order valence-corrected chi connectivity index (χ2v) is 11.2. The second kappa shape index (κ2) is 10.4. The Morgan fingerprint density at radius 2 is 1.68 bits per heavy atom. The molecule has 10 heteroatoms. The van der Waals surface area contributed by atoms with Crippen LogP contribution in [0.1, 0.15) is 24.0 Å². The van der Waals surface area contributed by atoms with Crippen LogP contribution in [0, 0.1) is 13.8 Å². The molecule has 0 saturated carbocycles. The van der Waals surface area contributed by atoms with Crippen molar-refractivity contribution in [2.45, 2.75) is 31.6 Å². The minimum atomic E-state index is -3.57. The lowest BCUT2D eigenvalue weighted by Crippen LogP contribution is -2.33. The van der Waals surface area contributed by atoms with Crippen LogP contribution in [-0.2, 0) is 10.0 Å². The van der Waals surface area contributed by atoms with E-state index in [9.17, 15) is 8.42 Å². The summed E-state index contributed by atoms with van der Waals surface area (Å²) in [6.07, 6.45) is 2.36. The van der Waals surface area contributed by atoms with Gasteiger partial charge in [-0.3, -0.25) is 0 Å². The number of anilines is 3. The quantitative estimate of drug-likeness (QED) is 0.299. The molecule has 192 valence electrons. The van der Waals surface area contributed by atoms with Gasteiger partial charge in [-0.05, 0) is 98.4 Å². The van der Waals surface area contributed by atoms with Crippen LogP contribution in [0.4, 0.5) is 17.3 Å². The van der Waals surface area contributed by atoms with Crippen molar-refractivity contribution in [3.63, 3.8) is 0 Å². The lowest BCUT2D eigenvalue weighted by Gasteiger charge is -2.15. The average Bonchev–Trinajstić information content (AvgIpc) is 3.38. The maximum Gasteiger partial charge on any atom is 0.247 e. The highest BCUT2D eigenvalue weighted by molar-refractivity contribution is 7.89. The summed E-state index contributed by atoms with van der Waals surface area (Å²) < 4.78 is 27.9. The molecule has 37 heavy (non-hydrogen) atoms. The Kier molecular flexibility index (Phi) is 7.05. The molecular weight excluding hydrogens is 486 g/mol. The normalized spacial score (nSPS) is 14.3. The molecule has 0 atom stereocenters. The first-order valence-electron chi connectivity index (χ1n) is 12.4.